The summed E-state index contributed by atoms with van der Waals surface area (Å²) in [4.78, 5) is 11.7. The topological polar surface area (TPSA) is 83.4 Å². The van der Waals surface area contributed by atoms with E-state index in [0.29, 0.717) is 19.7 Å². The average Bonchev–Trinajstić information content (AvgIpc) is 2.93. The van der Waals surface area contributed by atoms with E-state index in [9.17, 15) is 4.79 Å². The third-order valence-electron chi connectivity index (χ3n) is 2.80. The van der Waals surface area contributed by atoms with Gasteiger partial charge in [0.1, 0.15) is 11.6 Å². The van der Waals surface area contributed by atoms with Gasteiger partial charge in [-0.15, -0.1) is 0 Å². The second-order valence-corrected chi connectivity index (χ2v) is 4.32. The molecule has 1 aliphatic rings. The van der Waals surface area contributed by atoms with Crippen molar-refractivity contribution in [1.82, 2.24) is 10.6 Å². The van der Waals surface area contributed by atoms with Crippen LogP contribution in [-0.2, 0) is 14.3 Å². The van der Waals surface area contributed by atoms with Crippen LogP contribution in [0.5, 0.6) is 0 Å². The van der Waals surface area contributed by atoms with Gasteiger partial charge >= 0.3 is 0 Å². The molecule has 1 heterocycles. The quantitative estimate of drug-likeness (QED) is 0.376. The molecule has 0 aromatic carbocycles. The first kappa shape index (κ1) is 15.5. The van der Waals surface area contributed by atoms with Crippen molar-refractivity contribution in [3.8, 4) is 6.07 Å². The summed E-state index contributed by atoms with van der Waals surface area (Å²) in [6.07, 6.45) is 4.34. The summed E-state index contributed by atoms with van der Waals surface area (Å²) >= 11 is 0. The van der Waals surface area contributed by atoms with Crippen molar-refractivity contribution in [1.29, 1.82) is 5.26 Å². The highest BCUT2D eigenvalue weighted by molar-refractivity contribution is 5.97. The maximum absolute atomic E-state index is 11.7. The van der Waals surface area contributed by atoms with E-state index in [2.05, 4.69) is 10.6 Å². The lowest BCUT2D eigenvalue weighted by Crippen LogP contribution is -2.33. The molecule has 6 nitrogen and oxygen atoms in total. The number of nitrogens with one attached hydrogen (secondary N) is 2. The number of ether oxygens (including phenoxy) is 2. The molecule has 1 aliphatic heterocycles. The van der Waals surface area contributed by atoms with E-state index in [0.717, 1.165) is 25.9 Å². The lowest BCUT2D eigenvalue weighted by atomic mass is 10.2. The lowest BCUT2D eigenvalue weighted by Gasteiger charge is -2.10. The van der Waals surface area contributed by atoms with Gasteiger partial charge in [0.05, 0.1) is 6.10 Å². The van der Waals surface area contributed by atoms with Crippen LogP contribution in [0.3, 0.4) is 0 Å². The number of methoxy groups -OCH3 is 1. The largest absolute Gasteiger partial charge is 0.390 e. The molecule has 1 rings (SSSR count). The minimum atomic E-state index is -0.364. The Balaban J connectivity index is 2.25. The average molecular weight is 267 g/mol. The fraction of sp³-hybridized carbons (Fsp3) is 0.692. The molecular formula is C13H21N3O3. The Labute approximate surface area is 113 Å². The third-order valence-corrected chi connectivity index (χ3v) is 2.80. The molecule has 1 unspecified atom stereocenters. The van der Waals surface area contributed by atoms with Crippen LogP contribution in [0, 0.1) is 11.3 Å². The molecule has 1 fully saturated rings. The number of hydrogen-bond donors (Lipinski definition) is 2. The summed E-state index contributed by atoms with van der Waals surface area (Å²) in [7, 11) is 1.63. The van der Waals surface area contributed by atoms with E-state index in [1.807, 2.05) is 6.07 Å². The second-order valence-electron chi connectivity index (χ2n) is 4.32. The normalized spacial score (nSPS) is 18.9. The first-order valence-electron chi connectivity index (χ1n) is 6.50. The fourth-order valence-electron chi connectivity index (χ4n) is 1.75. The Morgan fingerprint density at radius 1 is 1.63 bits per heavy atom. The molecule has 0 spiro atoms. The van der Waals surface area contributed by atoms with Gasteiger partial charge in [-0.2, -0.15) is 5.26 Å². The molecule has 1 amide bonds. The Hall–Kier alpha value is -1.58. The summed E-state index contributed by atoms with van der Waals surface area (Å²) in [5.41, 5.74) is 0.0791. The summed E-state index contributed by atoms with van der Waals surface area (Å²) < 4.78 is 10.3. The highest BCUT2D eigenvalue weighted by Gasteiger charge is 2.17. The van der Waals surface area contributed by atoms with Crippen molar-refractivity contribution in [2.24, 2.45) is 0 Å². The minimum Gasteiger partial charge on any atom is -0.390 e. The standard InChI is InChI=1S/C13H21N3O3/c1-18-6-3-5-15-9-11(8-14)13(17)16-10-12-4-2-7-19-12/h9,12,15H,2-7,10H2,1H3,(H,16,17)/b11-9-. The first-order valence-corrected chi connectivity index (χ1v) is 6.50. The number of nitriles is 1. The molecule has 0 bridgehead atoms. The van der Waals surface area contributed by atoms with E-state index >= 15 is 0 Å². The van der Waals surface area contributed by atoms with Gasteiger partial charge in [-0.05, 0) is 19.3 Å². The van der Waals surface area contributed by atoms with Crippen molar-refractivity contribution in [2.75, 3.05) is 33.4 Å². The van der Waals surface area contributed by atoms with Crippen LogP contribution < -0.4 is 10.6 Å². The van der Waals surface area contributed by atoms with E-state index < -0.39 is 0 Å². The predicted octanol–water partition coefficient (Wildman–Crippen LogP) is 0.315. The molecule has 106 valence electrons. The molecule has 1 saturated heterocycles. The molecule has 0 aliphatic carbocycles. The Morgan fingerprint density at radius 2 is 2.47 bits per heavy atom. The van der Waals surface area contributed by atoms with Crippen molar-refractivity contribution >= 4 is 5.91 Å². The molecule has 6 heteroatoms. The molecule has 0 aromatic heterocycles. The number of rotatable bonds is 8. The molecule has 1 atom stereocenters. The van der Waals surface area contributed by atoms with Gasteiger partial charge in [-0.3, -0.25) is 4.79 Å². The highest BCUT2D eigenvalue weighted by Crippen LogP contribution is 2.10. The minimum absolute atomic E-state index is 0.0791. The van der Waals surface area contributed by atoms with E-state index in [-0.39, 0.29) is 17.6 Å². The number of carbonyl (C=O) groups excluding carboxylic acids is 1. The summed E-state index contributed by atoms with van der Waals surface area (Å²) in [5, 5.41) is 14.5. The van der Waals surface area contributed by atoms with E-state index in [1.54, 1.807) is 7.11 Å². The number of carbonyl (C=O) groups is 1. The zero-order valence-corrected chi connectivity index (χ0v) is 11.3. The van der Waals surface area contributed by atoms with Crippen LogP contribution in [0.15, 0.2) is 11.8 Å². The van der Waals surface area contributed by atoms with Crippen molar-refractivity contribution in [3.63, 3.8) is 0 Å². The van der Waals surface area contributed by atoms with Crippen LogP contribution >= 0.6 is 0 Å². The Bertz CT molecular complexity index is 344. The number of nitrogens with zero attached hydrogens (tertiary/aromatic N) is 1. The first-order chi connectivity index (χ1) is 9.27. The second kappa shape index (κ2) is 9.36. The molecular weight excluding hydrogens is 246 g/mol. The van der Waals surface area contributed by atoms with E-state index in [4.69, 9.17) is 14.7 Å². The predicted molar refractivity (Wildman–Crippen MR) is 70.2 cm³/mol. The van der Waals surface area contributed by atoms with Crippen LogP contribution in [-0.4, -0.2) is 45.4 Å². The fourth-order valence-corrected chi connectivity index (χ4v) is 1.75. The zero-order chi connectivity index (χ0) is 13.9. The molecule has 0 saturated carbocycles. The maximum atomic E-state index is 11.7. The van der Waals surface area contributed by atoms with Crippen molar-refractivity contribution < 1.29 is 14.3 Å². The molecule has 0 aromatic rings. The maximum Gasteiger partial charge on any atom is 0.263 e. The lowest BCUT2D eigenvalue weighted by molar-refractivity contribution is -0.117. The third kappa shape index (κ3) is 6.22. The van der Waals surface area contributed by atoms with Crippen LogP contribution in [0.1, 0.15) is 19.3 Å². The van der Waals surface area contributed by atoms with Gasteiger partial charge in [-0.25, -0.2) is 0 Å². The zero-order valence-electron chi connectivity index (χ0n) is 11.3. The summed E-state index contributed by atoms with van der Waals surface area (Å²) in [5.74, 6) is -0.364. The monoisotopic (exact) mass is 267 g/mol. The SMILES string of the molecule is COCCCN/C=C(/C#N)C(=O)NCC1CCCO1. The van der Waals surface area contributed by atoms with Crippen molar-refractivity contribution in [3.05, 3.63) is 11.8 Å². The van der Waals surface area contributed by atoms with Crippen LogP contribution in [0.25, 0.3) is 0 Å². The Kier molecular flexibility index (Phi) is 7.63. The van der Waals surface area contributed by atoms with Crippen molar-refractivity contribution in [2.45, 2.75) is 25.4 Å². The highest BCUT2D eigenvalue weighted by atomic mass is 16.5. The van der Waals surface area contributed by atoms with Gasteiger partial charge in [0.2, 0.25) is 0 Å². The summed E-state index contributed by atoms with van der Waals surface area (Å²) in [6.45, 7) is 2.52. The van der Waals surface area contributed by atoms with Crippen LogP contribution in [0.2, 0.25) is 0 Å². The Morgan fingerprint density at radius 3 is 3.11 bits per heavy atom. The number of hydrogen-bond acceptors (Lipinski definition) is 5. The van der Waals surface area contributed by atoms with Gasteiger partial charge in [-0.1, -0.05) is 0 Å². The van der Waals surface area contributed by atoms with Crippen LogP contribution in [0.4, 0.5) is 0 Å². The molecule has 19 heavy (non-hydrogen) atoms. The summed E-state index contributed by atoms with van der Waals surface area (Å²) in [6, 6.07) is 1.88. The molecule has 2 N–H and O–H groups in total. The van der Waals surface area contributed by atoms with E-state index in [1.165, 1.54) is 6.20 Å². The molecule has 0 radical (unpaired) electrons. The van der Waals surface area contributed by atoms with Gasteiger partial charge < -0.3 is 20.1 Å². The van der Waals surface area contributed by atoms with Gasteiger partial charge in [0, 0.05) is 39.6 Å². The van der Waals surface area contributed by atoms with Gasteiger partial charge in [0.15, 0.2) is 0 Å². The van der Waals surface area contributed by atoms with Gasteiger partial charge in [0.25, 0.3) is 5.91 Å². The smallest absolute Gasteiger partial charge is 0.263 e. The number of amides is 1.